The number of ether oxygens (including phenoxy) is 2. The van der Waals surface area contributed by atoms with Crippen LogP contribution < -0.4 is 15.4 Å². The van der Waals surface area contributed by atoms with Crippen molar-refractivity contribution in [1.82, 2.24) is 10.6 Å². The number of benzene rings is 1. The standard InChI is InChI=1S/C16H20N2O4/c1-4-21-12-8-6-11(7-9-12)14-13(15(19)22-5-2)10(3)17-16(20)18-14/h6-9,14H,4-5H2,1-3H3,(H2,17,18,20). The van der Waals surface area contributed by atoms with E-state index in [0.29, 0.717) is 17.9 Å². The number of hydrogen-bond acceptors (Lipinski definition) is 4. The SMILES string of the molecule is CCOC(=O)C1=C(C)NC(=O)NC1c1ccc(OCC)cc1. The molecule has 2 N–H and O–H groups in total. The van der Waals surface area contributed by atoms with Crippen LogP contribution >= 0.6 is 0 Å². The number of allylic oxidation sites excluding steroid dienone is 1. The molecule has 1 aromatic carbocycles. The Labute approximate surface area is 129 Å². The molecular weight excluding hydrogens is 284 g/mol. The van der Waals surface area contributed by atoms with Crippen molar-refractivity contribution in [1.29, 1.82) is 0 Å². The fraction of sp³-hybridized carbons (Fsp3) is 0.375. The molecule has 1 heterocycles. The molecule has 0 aromatic heterocycles. The Morgan fingerprint density at radius 3 is 2.45 bits per heavy atom. The molecule has 2 rings (SSSR count). The van der Waals surface area contributed by atoms with Crippen molar-refractivity contribution in [3.63, 3.8) is 0 Å². The van der Waals surface area contributed by atoms with Gasteiger partial charge in [-0.2, -0.15) is 0 Å². The summed E-state index contributed by atoms with van der Waals surface area (Å²) in [4.78, 5) is 23.9. The molecule has 0 radical (unpaired) electrons. The average molecular weight is 304 g/mol. The fourth-order valence-corrected chi connectivity index (χ4v) is 2.35. The van der Waals surface area contributed by atoms with Gasteiger partial charge in [-0.1, -0.05) is 12.1 Å². The Kier molecular flexibility index (Phi) is 5.04. The number of esters is 1. The first-order valence-electron chi connectivity index (χ1n) is 7.25. The van der Waals surface area contributed by atoms with E-state index in [2.05, 4.69) is 10.6 Å². The van der Waals surface area contributed by atoms with Crippen LogP contribution in [0.15, 0.2) is 35.5 Å². The first kappa shape index (κ1) is 15.9. The first-order valence-corrected chi connectivity index (χ1v) is 7.25. The second-order valence-electron chi connectivity index (χ2n) is 4.79. The van der Waals surface area contributed by atoms with Crippen molar-refractivity contribution in [3.05, 3.63) is 41.1 Å². The largest absolute Gasteiger partial charge is 0.494 e. The molecule has 1 atom stereocenters. The Bertz CT molecular complexity index is 593. The van der Waals surface area contributed by atoms with E-state index in [1.54, 1.807) is 13.8 Å². The Hall–Kier alpha value is -2.50. The van der Waals surface area contributed by atoms with Gasteiger partial charge in [0.15, 0.2) is 0 Å². The van der Waals surface area contributed by atoms with Gasteiger partial charge < -0.3 is 20.1 Å². The second kappa shape index (κ2) is 6.98. The van der Waals surface area contributed by atoms with E-state index in [1.165, 1.54) is 0 Å². The first-order chi connectivity index (χ1) is 10.6. The number of rotatable bonds is 5. The molecule has 1 aliphatic heterocycles. The van der Waals surface area contributed by atoms with E-state index in [0.717, 1.165) is 11.3 Å². The molecule has 1 aromatic rings. The van der Waals surface area contributed by atoms with E-state index in [1.807, 2.05) is 31.2 Å². The van der Waals surface area contributed by atoms with Crippen LogP contribution in [0.4, 0.5) is 4.79 Å². The molecule has 0 bridgehead atoms. The van der Waals surface area contributed by atoms with Gasteiger partial charge in [0, 0.05) is 5.70 Å². The minimum atomic E-state index is -0.538. The van der Waals surface area contributed by atoms with E-state index in [9.17, 15) is 9.59 Å². The summed E-state index contributed by atoms with van der Waals surface area (Å²) in [6, 6.07) is 6.39. The van der Waals surface area contributed by atoms with Crippen LogP contribution in [0.1, 0.15) is 32.4 Å². The van der Waals surface area contributed by atoms with Crippen LogP contribution in [-0.4, -0.2) is 25.2 Å². The predicted octanol–water partition coefficient (Wildman–Crippen LogP) is 2.28. The summed E-state index contributed by atoms with van der Waals surface area (Å²) in [7, 11) is 0. The highest BCUT2D eigenvalue weighted by atomic mass is 16.5. The summed E-state index contributed by atoms with van der Waals surface area (Å²) in [5, 5.41) is 5.36. The quantitative estimate of drug-likeness (QED) is 0.818. The summed E-state index contributed by atoms with van der Waals surface area (Å²) < 4.78 is 10.5. The van der Waals surface area contributed by atoms with Gasteiger partial charge in [-0.15, -0.1) is 0 Å². The van der Waals surface area contributed by atoms with E-state index in [-0.39, 0.29) is 12.6 Å². The predicted molar refractivity (Wildman–Crippen MR) is 81.4 cm³/mol. The zero-order valence-corrected chi connectivity index (χ0v) is 12.9. The smallest absolute Gasteiger partial charge is 0.338 e. The number of urea groups is 1. The van der Waals surface area contributed by atoms with E-state index >= 15 is 0 Å². The van der Waals surface area contributed by atoms with Gasteiger partial charge in [0.1, 0.15) is 5.75 Å². The molecule has 0 saturated carbocycles. The second-order valence-corrected chi connectivity index (χ2v) is 4.79. The summed E-state index contributed by atoms with van der Waals surface area (Å²) in [5.41, 5.74) is 1.70. The third-order valence-corrected chi connectivity index (χ3v) is 3.29. The molecular formula is C16H20N2O4. The molecule has 6 heteroatoms. The normalized spacial score (nSPS) is 17.6. The number of amides is 2. The summed E-state index contributed by atoms with van der Waals surface area (Å²) in [5.74, 6) is 0.302. The highest BCUT2D eigenvalue weighted by Crippen LogP contribution is 2.28. The van der Waals surface area contributed by atoms with E-state index in [4.69, 9.17) is 9.47 Å². The maximum atomic E-state index is 12.2. The van der Waals surface area contributed by atoms with Crippen molar-refractivity contribution < 1.29 is 19.1 Å². The molecule has 1 unspecified atom stereocenters. The zero-order valence-electron chi connectivity index (χ0n) is 12.9. The number of nitrogens with one attached hydrogen (secondary N) is 2. The maximum Gasteiger partial charge on any atom is 0.338 e. The highest BCUT2D eigenvalue weighted by Gasteiger charge is 2.31. The average Bonchev–Trinajstić information content (AvgIpc) is 2.47. The molecule has 0 saturated heterocycles. The van der Waals surface area contributed by atoms with Crippen LogP contribution in [0.25, 0.3) is 0 Å². The van der Waals surface area contributed by atoms with Crippen molar-refractivity contribution in [3.8, 4) is 5.75 Å². The number of carbonyl (C=O) groups excluding carboxylic acids is 2. The minimum absolute atomic E-state index is 0.277. The maximum absolute atomic E-state index is 12.2. The lowest BCUT2D eigenvalue weighted by atomic mass is 9.95. The lowest BCUT2D eigenvalue weighted by Gasteiger charge is -2.28. The van der Waals surface area contributed by atoms with Crippen LogP contribution in [0.5, 0.6) is 5.75 Å². The zero-order chi connectivity index (χ0) is 16.1. The van der Waals surface area contributed by atoms with Gasteiger partial charge in [-0.05, 0) is 38.5 Å². The molecule has 118 valence electrons. The topological polar surface area (TPSA) is 76.7 Å². The van der Waals surface area contributed by atoms with Crippen LogP contribution in [0.2, 0.25) is 0 Å². The highest BCUT2D eigenvalue weighted by molar-refractivity contribution is 5.95. The van der Waals surface area contributed by atoms with Gasteiger partial charge in [0.25, 0.3) is 0 Å². The third kappa shape index (κ3) is 3.39. The monoisotopic (exact) mass is 304 g/mol. The Morgan fingerprint density at radius 2 is 1.86 bits per heavy atom. The summed E-state index contributed by atoms with van der Waals surface area (Å²) >= 11 is 0. The van der Waals surface area contributed by atoms with Crippen molar-refractivity contribution in [2.75, 3.05) is 13.2 Å². The van der Waals surface area contributed by atoms with Crippen LogP contribution in [0.3, 0.4) is 0 Å². The van der Waals surface area contributed by atoms with Crippen molar-refractivity contribution >= 4 is 12.0 Å². The van der Waals surface area contributed by atoms with Gasteiger partial charge in [-0.25, -0.2) is 9.59 Å². The summed E-state index contributed by atoms with van der Waals surface area (Å²) in [6.45, 7) is 6.20. The van der Waals surface area contributed by atoms with Gasteiger partial charge in [-0.3, -0.25) is 0 Å². The molecule has 1 aliphatic rings. The molecule has 0 aliphatic carbocycles. The number of carbonyl (C=O) groups is 2. The van der Waals surface area contributed by atoms with Crippen LogP contribution in [0, 0.1) is 0 Å². The fourth-order valence-electron chi connectivity index (χ4n) is 2.35. The Morgan fingerprint density at radius 1 is 1.18 bits per heavy atom. The molecule has 2 amide bonds. The van der Waals surface area contributed by atoms with Gasteiger partial charge in [0.05, 0.1) is 24.8 Å². The molecule has 0 spiro atoms. The lowest BCUT2D eigenvalue weighted by Crippen LogP contribution is -2.45. The van der Waals surface area contributed by atoms with Gasteiger partial charge in [0.2, 0.25) is 0 Å². The summed E-state index contributed by atoms with van der Waals surface area (Å²) in [6.07, 6.45) is 0. The minimum Gasteiger partial charge on any atom is -0.494 e. The van der Waals surface area contributed by atoms with Crippen molar-refractivity contribution in [2.45, 2.75) is 26.8 Å². The van der Waals surface area contributed by atoms with Crippen molar-refractivity contribution in [2.24, 2.45) is 0 Å². The van der Waals surface area contributed by atoms with Gasteiger partial charge >= 0.3 is 12.0 Å². The van der Waals surface area contributed by atoms with Crippen LogP contribution in [-0.2, 0) is 9.53 Å². The molecule has 0 fully saturated rings. The molecule has 22 heavy (non-hydrogen) atoms. The third-order valence-electron chi connectivity index (χ3n) is 3.29. The van der Waals surface area contributed by atoms with E-state index < -0.39 is 12.0 Å². The number of hydrogen-bond donors (Lipinski definition) is 2. The Balaban J connectivity index is 2.34. The molecule has 6 nitrogen and oxygen atoms in total. The lowest BCUT2D eigenvalue weighted by molar-refractivity contribution is -0.139.